The Morgan fingerprint density at radius 2 is 1.43 bits per heavy atom. The monoisotopic (exact) mass is 416 g/mol. The third kappa shape index (κ3) is 5.72. The van der Waals surface area contributed by atoms with Crippen LogP contribution in [0.3, 0.4) is 0 Å². The van der Waals surface area contributed by atoms with E-state index in [1.54, 1.807) is 24.3 Å². The molecule has 0 aromatic heterocycles. The number of carboxylic acids is 1. The van der Waals surface area contributed by atoms with Crippen molar-refractivity contribution in [2.24, 2.45) is 0 Å². The van der Waals surface area contributed by atoms with Gasteiger partial charge in [-0.3, -0.25) is 9.80 Å². The summed E-state index contributed by atoms with van der Waals surface area (Å²) in [6.45, 7) is 4.25. The van der Waals surface area contributed by atoms with Gasteiger partial charge in [0.25, 0.3) is 0 Å². The highest BCUT2D eigenvalue weighted by atomic mass is 19.1. The van der Waals surface area contributed by atoms with Gasteiger partial charge in [0, 0.05) is 26.2 Å². The average Bonchev–Trinajstić information content (AvgIpc) is 2.74. The number of rotatable bonds is 8. The van der Waals surface area contributed by atoms with Gasteiger partial charge >= 0.3 is 5.97 Å². The van der Waals surface area contributed by atoms with E-state index >= 15 is 0 Å². The molecule has 0 amide bonds. The van der Waals surface area contributed by atoms with Crippen molar-refractivity contribution in [1.29, 1.82) is 0 Å². The summed E-state index contributed by atoms with van der Waals surface area (Å²) in [6, 6.07) is 12.6. The molecule has 0 aliphatic carbocycles. The molecule has 1 heterocycles. The number of aliphatic carboxylic acids is 1. The molecule has 7 heteroatoms. The molecular formula is C23H26F2N2O3. The average molecular weight is 416 g/mol. The molecule has 0 bridgehead atoms. The fourth-order valence-corrected chi connectivity index (χ4v) is 3.76. The zero-order valence-electron chi connectivity index (χ0n) is 16.9. The number of hydrogen-bond acceptors (Lipinski definition) is 4. The van der Waals surface area contributed by atoms with Gasteiger partial charge in [-0.25, -0.2) is 13.6 Å². The molecule has 1 saturated heterocycles. The molecule has 30 heavy (non-hydrogen) atoms. The number of allylic oxidation sites excluding steroid dienone is 1. The molecule has 0 radical (unpaired) electrons. The maximum atomic E-state index is 13.5. The highest BCUT2D eigenvalue weighted by Gasteiger charge is 2.29. The molecule has 160 valence electrons. The molecular weight excluding hydrogens is 390 g/mol. The third-order valence-corrected chi connectivity index (χ3v) is 5.18. The number of nitrogens with zero attached hydrogens (tertiary/aromatic N) is 2. The fraction of sp³-hybridized carbons (Fsp3) is 0.348. The Morgan fingerprint density at radius 1 is 0.967 bits per heavy atom. The van der Waals surface area contributed by atoms with Gasteiger partial charge in [0.15, 0.2) is 0 Å². The zero-order valence-corrected chi connectivity index (χ0v) is 16.9. The summed E-state index contributed by atoms with van der Waals surface area (Å²) >= 11 is 0. The minimum Gasteiger partial charge on any atom is -0.480 e. The standard InChI is InChI=1S/C23H26F2N2O3/c1-2-3-21(30-16-22(28)29)26-12-14-27(15-13-26)23(17-4-8-19(24)9-5-17)18-6-10-20(25)11-7-18/h2-11,21,23H,12-16H2,1H3,(H,28,29). The van der Waals surface area contributed by atoms with E-state index in [1.165, 1.54) is 24.3 Å². The molecule has 0 saturated carbocycles. The predicted molar refractivity (Wildman–Crippen MR) is 110 cm³/mol. The lowest BCUT2D eigenvalue weighted by atomic mass is 9.96. The van der Waals surface area contributed by atoms with Gasteiger partial charge in [-0.2, -0.15) is 0 Å². The smallest absolute Gasteiger partial charge is 0.329 e. The normalized spacial score (nSPS) is 16.9. The second-order valence-corrected chi connectivity index (χ2v) is 7.20. The lowest BCUT2D eigenvalue weighted by Crippen LogP contribution is -2.51. The van der Waals surface area contributed by atoms with E-state index in [0.717, 1.165) is 11.1 Å². The van der Waals surface area contributed by atoms with Crippen LogP contribution in [0.5, 0.6) is 0 Å². The lowest BCUT2D eigenvalue weighted by molar-refractivity contribution is -0.147. The van der Waals surface area contributed by atoms with E-state index in [-0.39, 0.29) is 24.3 Å². The van der Waals surface area contributed by atoms with Crippen molar-refractivity contribution >= 4 is 5.97 Å². The van der Waals surface area contributed by atoms with E-state index < -0.39 is 12.2 Å². The lowest BCUT2D eigenvalue weighted by Gasteiger charge is -2.41. The van der Waals surface area contributed by atoms with Crippen molar-refractivity contribution < 1.29 is 23.4 Å². The molecule has 1 fully saturated rings. The number of carboxylic acid groups (broad SMARTS) is 1. The summed E-state index contributed by atoms with van der Waals surface area (Å²) in [7, 11) is 0. The van der Waals surface area contributed by atoms with E-state index in [0.29, 0.717) is 26.2 Å². The first-order valence-corrected chi connectivity index (χ1v) is 9.93. The summed E-state index contributed by atoms with van der Waals surface area (Å²) in [6.07, 6.45) is 3.29. The molecule has 1 atom stereocenters. The van der Waals surface area contributed by atoms with Crippen LogP contribution < -0.4 is 0 Å². The number of halogens is 2. The Morgan fingerprint density at radius 3 is 1.87 bits per heavy atom. The molecule has 3 rings (SSSR count). The molecule has 1 unspecified atom stereocenters. The van der Waals surface area contributed by atoms with Crippen molar-refractivity contribution in [3.8, 4) is 0 Å². The van der Waals surface area contributed by atoms with Gasteiger partial charge in [-0.15, -0.1) is 0 Å². The maximum absolute atomic E-state index is 13.5. The van der Waals surface area contributed by atoms with Crippen LogP contribution in [-0.2, 0) is 9.53 Å². The summed E-state index contributed by atoms with van der Waals surface area (Å²) in [5, 5.41) is 8.91. The Hall–Kier alpha value is -2.61. The second-order valence-electron chi connectivity index (χ2n) is 7.20. The largest absolute Gasteiger partial charge is 0.480 e. The Bertz CT molecular complexity index is 802. The first-order chi connectivity index (χ1) is 14.5. The van der Waals surface area contributed by atoms with Crippen LogP contribution in [0.15, 0.2) is 60.7 Å². The number of benzene rings is 2. The summed E-state index contributed by atoms with van der Waals surface area (Å²) in [4.78, 5) is 15.2. The van der Waals surface area contributed by atoms with Crippen LogP contribution in [0.4, 0.5) is 8.78 Å². The van der Waals surface area contributed by atoms with Crippen LogP contribution >= 0.6 is 0 Å². The predicted octanol–water partition coefficient (Wildman–Crippen LogP) is 3.68. The van der Waals surface area contributed by atoms with Crippen LogP contribution in [-0.4, -0.2) is 59.9 Å². The van der Waals surface area contributed by atoms with Crippen molar-refractivity contribution in [2.45, 2.75) is 19.2 Å². The van der Waals surface area contributed by atoms with Crippen LogP contribution in [0, 0.1) is 11.6 Å². The van der Waals surface area contributed by atoms with Crippen LogP contribution in [0.2, 0.25) is 0 Å². The maximum Gasteiger partial charge on any atom is 0.329 e. The van der Waals surface area contributed by atoms with Crippen molar-refractivity contribution in [1.82, 2.24) is 9.80 Å². The number of carbonyl (C=O) groups is 1. The Kier molecular flexibility index (Phi) is 7.68. The highest BCUT2D eigenvalue weighted by molar-refractivity contribution is 5.68. The highest BCUT2D eigenvalue weighted by Crippen LogP contribution is 2.30. The van der Waals surface area contributed by atoms with Gasteiger partial charge in [0.05, 0.1) is 6.04 Å². The Labute approximate surface area is 175 Å². The summed E-state index contributed by atoms with van der Waals surface area (Å²) in [5.74, 6) is -1.60. The van der Waals surface area contributed by atoms with Gasteiger partial charge < -0.3 is 9.84 Å². The SMILES string of the molecule is CC=CC(OCC(=O)O)N1CCN(C(c2ccc(F)cc2)c2ccc(F)cc2)CC1. The van der Waals surface area contributed by atoms with Crippen molar-refractivity contribution in [2.75, 3.05) is 32.8 Å². The molecule has 0 spiro atoms. The number of piperazine rings is 1. The first kappa shape index (κ1) is 22.1. The summed E-state index contributed by atoms with van der Waals surface area (Å²) in [5.41, 5.74) is 1.87. The quantitative estimate of drug-likeness (QED) is 0.666. The summed E-state index contributed by atoms with van der Waals surface area (Å²) < 4.78 is 32.4. The van der Waals surface area contributed by atoms with Gasteiger partial charge in [0.1, 0.15) is 24.5 Å². The van der Waals surface area contributed by atoms with Crippen LogP contribution in [0.1, 0.15) is 24.1 Å². The van der Waals surface area contributed by atoms with Gasteiger partial charge in [-0.05, 0) is 48.4 Å². The van der Waals surface area contributed by atoms with Gasteiger partial charge in [-0.1, -0.05) is 30.3 Å². The minimum absolute atomic E-state index is 0.131. The van der Waals surface area contributed by atoms with E-state index in [1.807, 2.05) is 19.1 Å². The van der Waals surface area contributed by atoms with Crippen molar-refractivity contribution in [3.63, 3.8) is 0 Å². The minimum atomic E-state index is -1.00. The Balaban J connectivity index is 1.76. The molecule has 1 aliphatic heterocycles. The first-order valence-electron chi connectivity index (χ1n) is 9.93. The van der Waals surface area contributed by atoms with E-state index in [2.05, 4.69) is 9.80 Å². The number of hydrogen-bond donors (Lipinski definition) is 1. The topological polar surface area (TPSA) is 53.0 Å². The molecule has 1 aliphatic rings. The second kappa shape index (κ2) is 10.4. The van der Waals surface area contributed by atoms with E-state index in [9.17, 15) is 13.6 Å². The molecule has 1 N–H and O–H groups in total. The zero-order chi connectivity index (χ0) is 21.5. The van der Waals surface area contributed by atoms with Crippen LogP contribution in [0.25, 0.3) is 0 Å². The molecule has 2 aromatic rings. The molecule has 5 nitrogen and oxygen atoms in total. The van der Waals surface area contributed by atoms with E-state index in [4.69, 9.17) is 9.84 Å². The van der Waals surface area contributed by atoms with Crippen molar-refractivity contribution in [3.05, 3.63) is 83.4 Å². The number of ether oxygens (including phenoxy) is 1. The third-order valence-electron chi connectivity index (χ3n) is 5.18. The fourth-order valence-electron chi connectivity index (χ4n) is 3.76. The van der Waals surface area contributed by atoms with Gasteiger partial charge in [0.2, 0.25) is 0 Å². The molecule has 2 aromatic carbocycles.